The number of allylic oxidation sites excluding steroid dienone is 1. The average Bonchev–Trinajstić information content (AvgIpc) is 2.81. The fourth-order valence-corrected chi connectivity index (χ4v) is 2.34. The van der Waals surface area contributed by atoms with Gasteiger partial charge in [0.2, 0.25) is 0 Å². The molecule has 2 aromatic rings. The van der Waals surface area contributed by atoms with E-state index in [-0.39, 0.29) is 12.4 Å². The smallest absolute Gasteiger partial charge is 0.0986 e. The molecule has 19 heavy (non-hydrogen) atoms. The molecule has 0 aliphatic heterocycles. The van der Waals surface area contributed by atoms with Gasteiger partial charge in [0, 0.05) is 28.6 Å². The van der Waals surface area contributed by atoms with Gasteiger partial charge in [0.25, 0.3) is 0 Å². The highest BCUT2D eigenvalue weighted by molar-refractivity contribution is 6.35. The van der Waals surface area contributed by atoms with Crippen molar-refractivity contribution < 1.29 is 0 Å². The van der Waals surface area contributed by atoms with E-state index in [1.54, 1.807) is 18.6 Å². The van der Waals surface area contributed by atoms with Gasteiger partial charge in [-0.2, -0.15) is 0 Å². The Morgan fingerprint density at radius 2 is 2.16 bits per heavy atom. The van der Waals surface area contributed by atoms with E-state index in [1.807, 2.05) is 29.1 Å². The maximum absolute atomic E-state index is 6.25. The minimum atomic E-state index is 0. The summed E-state index contributed by atoms with van der Waals surface area (Å²) in [6.45, 7) is 2.14. The molecule has 0 N–H and O–H groups in total. The van der Waals surface area contributed by atoms with Gasteiger partial charge >= 0.3 is 0 Å². The maximum Gasteiger partial charge on any atom is 0.0986 e. The lowest BCUT2D eigenvalue weighted by Gasteiger charge is -2.09. The summed E-state index contributed by atoms with van der Waals surface area (Å²) in [7, 11) is 0. The Morgan fingerprint density at radius 1 is 1.37 bits per heavy atom. The molecule has 102 valence electrons. The van der Waals surface area contributed by atoms with Crippen molar-refractivity contribution in [1.82, 2.24) is 9.55 Å². The molecule has 0 aliphatic rings. The van der Waals surface area contributed by atoms with Gasteiger partial charge in [-0.25, -0.2) is 4.98 Å². The topological polar surface area (TPSA) is 17.8 Å². The Hall–Kier alpha value is -0.960. The normalized spacial score (nSPS) is 11.2. The summed E-state index contributed by atoms with van der Waals surface area (Å²) in [6.07, 6.45) is 9.48. The zero-order valence-electron chi connectivity index (χ0n) is 10.5. The molecule has 0 spiro atoms. The first kappa shape index (κ1) is 16.1. The van der Waals surface area contributed by atoms with Crippen LogP contribution in [-0.4, -0.2) is 9.55 Å². The number of hydrogen-bond acceptors (Lipinski definition) is 1. The van der Waals surface area contributed by atoms with Crippen LogP contribution in [0, 0.1) is 0 Å². The number of hydrogen-bond donors (Lipinski definition) is 0. The number of halogens is 3. The van der Waals surface area contributed by atoms with Crippen molar-refractivity contribution in [3.8, 4) is 0 Å². The number of nitrogens with zero attached hydrogens (tertiary/aromatic N) is 2. The summed E-state index contributed by atoms with van der Waals surface area (Å²) >= 11 is 12.2. The van der Waals surface area contributed by atoms with Crippen LogP contribution >= 0.6 is 35.6 Å². The zero-order chi connectivity index (χ0) is 13.0. The molecular formula is C14H15Cl3N2. The Labute approximate surface area is 129 Å². The third kappa shape index (κ3) is 4.27. The third-order valence-corrected chi connectivity index (χ3v) is 3.17. The SMILES string of the molecule is CCCC(=Cn1ccnc1)c1ccc(Cl)cc1Cl.Cl. The molecule has 0 aliphatic carbocycles. The fourth-order valence-electron chi connectivity index (χ4n) is 1.81. The number of benzene rings is 1. The predicted octanol–water partition coefficient (Wildman–Crippen LogP) is 5.41. The van der Waals surface area contributed by atoms with Crippen molar-refractivity contribution in [2.45, 2.75) is 19.8 Å². The summed E-state index contributed by atoms with van der Waals surface area (Å²) in [4.78, 5) is 4.03. The fraction of sp³-hybridized carbons (Fsp3) is 0.214. The molecule has 5 heteroatoms. The number of imidazole rings is 1. The van der Waals surface area contributed by atoms with E-state index in [1.165, 1.54) is 5.57 Å². The first-order chi connectivity index (χ1) is 8.70. The van der Waals surface area contributed by atoms with Gasteiger partial charge in [-0.1, -0.05) is 42.6 Å². The van der Waals surface area contributed by atoms with Crippen LogP contribution in [0.5, 0.6) is 0 Å². The largest absolute Gasteiger partial charge is 0.313 e. The lowest BCUT2D eigenvalue weighted by molar-refractivity contribution is 0.970. The third-order valence-electron chi connectivity index (χ3n) is 2.63. The van der Waals surface area contributed by atoms with Crippen molar-refractivity contribution in [3.63, 3.8) is 0 Å². The Balaban J connectivity index is 0.00000180. The lowest BCUT2D eigenvalue weighted by Crippen LogP contribution is -1.90. The Morgan fingerprint density at radius 3 is 2.74 bits per heavy atom. The second-order valence-corrected chi connectivity index (χ2v) is 4.88. The second kappa shape index (κ2) is 7.59. The van der Waals surface area contributed by atoms with E-state index in [9.17, 15) is 0 Å². The van der Waals surface area contributed by atoms with Crippen LogP contribution in [-0.2, 0) is 0 Å². The molecule has 0 saturated heterocycles. The molecule has 0 unspecified atom stereocenters. The molecule has 2 rings (SSSR count). The van der Waals surface area contributed by atoms with E-state index >= 15 is 0 Å². The van der Waals surface area contributed by atoms with E-state index in [4.69, 9.17) is 23.2 Å². The van der Waals surface area contributed by atoms with Gasteiger partial charge < -0.3 is 4.57 Å². The van der Waals surface area contributed by atoms with Gasteiger partial charge in [0.05, 0.1) is 6.33 Å². The molecule has 1 aromatic carbocycles. The monoisotopic (exact) mass is 316 g/mol. The molecule has 0 radical (unpaired) electrons. The molecular weight excluding hydrogens is 303 g/mol. The van der Waals surface area contributed by atoms with E-state index in [0.717, 1.165) is 18.4 Å². The van der Waals surface area contributed by atoms with E-state index in [0.29, 0.717) is 10.0 Å². The first-order valence-electron chi connectivity index (χ1n) is 5.84. The van der Waals surface area contributed by atoms with Gasteiger partial charge in [-0.15, -0.1) is 12.4 Å². The van der Waals surface area contributed by atoms with Crippen LogP contribution in [0.1, 0.15) is 25.3 Å². The van der Waals surface area contributed by atoms with E-state index < -0.39 is 0 Å². The van der Waals surface area contributed by atoms with Crippen LogP contribution < -0.4 is 0 Å². The quantitative estimate of drug-likeness (QED) is 0.737. The summed E-state index contributed by atoms with van der Waals surface area (Å²) in [5.74, 6) is 0. The standard InChI is InChI=1S/C14H14Cl2N2.ClH/c1-2-3-11(9-18-7-6-17-10-18)13-5-4-12(15)8-14(13)16;/h4-10H,2-3H2,1H3;1H. The second-order valence-electron chi connectivity index (χ2n) is 4.04. The molecule has 0 fully saturated rings. The number of rotatable bonds is 4. The summed E-state index contributed by atoms with van der Waals surface area (Å²) in [5, 5.41) is 1.34. The molecule has 0 saturated carbocycles. The summed E-state index contributed by atoms with van der Waals surface area (Å²) in [6, 6.07) is 5.60. The predicted molar refractivity (Wildman–Crippen MR) is 85.0 cm³/mol. The van der Waals surface area contributed by atoms with Crippen LogP contribution in [0.4, 0.5) is 0 Å². The molecule has 1 aromatic heterocycles. The highest BCUT2D eigenvalue weighted by Gasteiger charge is 2.07. The number of aromatic nitrogens is 2. The van der Waals surface area contributed by atoms with Crippen LogP contribution in [0.2, 0.25) is 10.0 Å². The lowest BCUT2D eigenvalue weighted by atomic mass is 10.0. The maximum atomic E-state index is 6.25. The van der Waals surface area contributed by atoms with Crippen molar-refractivity contribution in [2.75, 3.05) is 0 Å². The van der Waals surface area contributed by atoms with E-state index in [2.05, 4.69) is 11.9 Å². The van der Waals surface area contributed by atoms with Crippen molar-refractivity contribution in [1.29, 1.82) is 0 Å². The van der Waals surface area contributed by atoms with Gasteiger partial charge in [-0.3, -0.25) is 0 Å². The minimum absolute atomic E-state index is 0. The molecule has 0 bridgehead atoms. The Bertz CT molecular complexity index is 548. The van der Waals surface area contributed by atoms with Gasteiger partial charge in [-0.05, 0) is 29.7 Å². The van der Waals surface area contributed by atoms with Crippen molar-refractivity contribution in [2.24, 2.45) is 0 Å². The average molecular weight is 318 g/mol. The van der Waals surface area contributed by atoms with Gasteiger partial charge in [0.15, 0.2) is 0 Å². The van der Waals surface area contributed by atoms with Crippen LogP contribution in [0.15, 0.2) is 36.9 Å². The molecule has 1 heterocycles. The molecule has 0 amide bonds. The summed E-state index contributed by atoms with van der Waals surface area (Å²) < 4.78 is 1.93. The Kier molecular flexibility index (Phi) is 6.43. The van der Waals surface area contributed by atoms with Crippen LogP contribution in [0.25, 0.3) is 11.8 Å². The van der Waals surface area contributed by atoms with Crippen molar-refractivity contribution >= 4 is 47.4 Å². The zero-order valence-corrected chi connectivity index (χ0v) is 12.8. The highest BCUT2D eigenvalue weighted by atomic mass is 35.5. The molecule has 0 atom stereocenters. The highest BCUT2D eigenvalue weighted by Crippen LogP contribution is 2.30. The minimum Gasteiger partial charge on any atom is -0.313 e. The van der Waals surface area contributed by atoms with Crippen LogP contribution in [0.3, 0.4) is 0 Å². The summed E-state index contributed by atoms with van der Waals surface area (Å²) in [5.41, 5.74) is 2.20. The van der Waals surface area contributed by atoms with Gasteiger partial charge in [0.1, 0.15) is 0 Å². The molecule has 2 nitrogen and oxygen atoms in total. The van der Waals surface area contributed by atoms with Crippen molar-refractivity contribution in [3.05, 3.63) is 52.5 Å². The first-order valence-corrected chi connectivity index (χ1v) is 6.60.